The number of hydrogen-bond donors (Lipinski definition) is 2. The highest BCUT2D eigenvalue weighted by molar-refractivity contribution is 7.90. The van der Waals surface area contributed by atoms with Crippen molar-refractivity contribution in [3.8, 4) is 0 Å². The molecule has 9 heteroatoms. The Morgan fingerprint density at radius 2 is 1.85 bits per heavy atom. The highest BCUT2D eigenvalue weighted by Crippen LogP contribution is 2.24. The molecule has 0 bridgehead atoms. The second-order valence-electron chi connectivity index (χ2n) is 5.77. The van der Waals surface area contributed by atoms with Crippen molar-refractivity contribution in [3.63, 3.8) is 0 Å². The summed E-state index contributed by atoms with van der Waals surface area (Å²) in [6.45, 7) is 1.78. The first-order valence-electron chi connectivity index (χ1n) is 7.64. The van der Waals surface area contributed by atoms with Gasteiger partial charge >= 0.3 is 0 Å². The molecule has 0 fully saturated rings. The van der Waals surface area contributed by atoms with E-state index in [1.165, 1.54) is 18.2 Å². The summed E-state index contributed by atoms with van der Waals surface area (Å²) in [4.78, 5) is 14.3. The number of nitrogens with one attached hydrogen (secondary N) is 2. The molecule has 0 aliphatic rings. The molecular formula is C18H13F3N2O3S. The molecule has 0 saturated heterocycles. The van der Waals surface area contributed by atoms with Gasteiger partial charge in [-0.1, -0.05) is 0 Å². The number of carbonyl (C=O) groups excluding carboxylic acids is 1. The average molecular weight is 394 g/mol. The van der Waals surface area contributed by atoms with Crippen LogP contribution < -0.4 is 4.72 Å². The zero-order valence-corrected chi connectivity index (χ0v) is 14.7. The topological polar surface area (TPSA) is 79.0 Å². The van der Waals surface area contributed by atoms with E-state index in [9.17, 15) is 26.4 Å². The van der Waals surface area contributed by atoms with Gasteiger partial charge in [0.25, 0.3) is 15.9 Å². The van der Waals surface area contributed by atoms with Crippen molar-refractivity contribution in [2.45, 2.75) is 11.8 Å². The van der Waals surface area contributed by atoms with E-state index in [2.05, 4.69) is 4.98 Å². The first kappa shape index (κ1) is 18.7. The summed E-state index contributed by atoms with van der Waals surface area (Å²) in [5.74, 6) is -4.11. The number of amides is 1. The van der Waals surface area contributed by atoms with E-state index in [-0.39, 0.29) is 0 Å². The molecule has 5 nitrogen and oxygen atoms in total. The second-order valence-corrected chi connectivity index (χ2v) is 7.45. The maximum Gasteiger partial charge on any atom is 0.264 e. The minimum Gasteiger partial charge on any atom is -0.360 e. The van der Waals surface area contributed by atoms with Gasteiger partial charge < -0.3 is 4.98 Å². The van der Waals surface area contributed by atoms with Crippen LogP contribution in [0.3, 0.4) is 0 Å². The number of hydrogen-bond acceptors (Lipinski definition) is 3. The molecule has 2 N–H and O–H groups in total. The Kier molecular flexibility index (Phi) is 4.79. The lowest BCUT2D eigenvalue weighted by Gasteiger charge is -2.05. The number of halogens is 3. The predicted molar refractivity (Wildman–Crippen MR) is 93.7 cm³/mol. The van der Waals surface area contributed by atoms with Crippen LogP contribution in [0.15, 0.2) is 47.5 Å². The van der Waals surface area contributed by atoms with Gasteiger partial charge in [-0.3, -0.25) is 4.79 Å². The number of rotatable bonds is 4. The summed E-state index contributed by atoms with van der Waals surface area (Å²) in [5.41, 5.74) is 1.74. The third-order valence-corrected chi connectivity index (χ3v) is 5.19. The molecule has 0 aliphatic heterocycles. The highest BCUT2D eigenvalue weighted by atomic mass is 32.2. The first-order valence-corrected chi connectivity index (χ1v) is 9.13. The quantitative estimate of drug-likeness (QED) is 0.666. The molecule has 0 unspecified atom stereocenters. The van der Waals surface area contributed by atoms with Gasteiger partial charge in [0.1, 0.15) is 5.82 Å². The van der Waals surface area contributed by atoms with Crippen LogP contribution in [0.25, 0.3) is 17.0 Å². The number of fused-ring (bicyclic) bond motifs is 1. The molecule has 3 rings (SSSR count). The maximum atomic E-state index is 13.7. The van der Waals surface area contributed by atoms with Crippen molar-refractivity contribution in [1.29, 1.82) is 0 Å². The fraction of sp³-hybridized carbons (Fsp3) is 0.0556. The normalized spacial score (nSPS) is 12.0. The monoisotopic (exact) mass is 394 g/mol. The molecule has 1 aromatic heterocycles. The summed E-state index contributed by atoms with van der Waals surface area (Å²) in [6.07, 6.45) is 3.83. The Morgan fingerprint density at radius 3 is 2.56 bits per heavy atom. The van der Waals surface area contributed by atoms with Gasteiger partial charge in [-0.15, -0.1) is 0 Å². The van der Waals surface area contributed by atoms with E-state index in [0.717, 1.165) is 17.7 Å². The minimum atomic E-state index is -4.39. The molecule has 1 heterocycles. The van der Waals surface area contributed by atoms with Crippen LogP contribution in [0.5, 0.6) is 0 Å². The van der Waals surface area contributed by atoms with E-state index in [4.69, 9.17) is 0 Å². The number of sulfonamides is 1. The van der Waals surface area contributed by atoms with Crippen LogP contribution >= 0.6 is 0 Å². The summed E-state index contributed by atoms with van der Waals surface area (Å²) < 4.78 is 65.7. The molecule has 27 heavy (non-hydrogen) atoms. The lowest BCUT2D eigenvalue weighted by atomic mass is 10.1. The molecule has 140 valence electrons. The molecule has 3 aromatic rings. The maximum absolute atomic E-state index is 13.7. The van der Waals surface area contributed by atoms with Gasteiger partial charge in [-0.25, -0.2) is 26.3 Å². The zero-order valence-electron chi connectivity index (χ0n) is 13.9. The second kappa shape index (κ2) is 6.92. The van der Waals surface area contributed by atoms with Crippen LogP contribution in [0.1, 0.15) is 11.1 Å². The van der Waals surface area contributed by atoms with Crippen LogP contribution in [0.2, 0.25) is 0 Å². The SMILES string of the molecule is Cc1c[nH]c2c(/C=C/C(=O)NS(=O)(=O)c3ccc(F)c(F)c3)cc(F)cc12. The van der Waals surface area contributed by atoms with Crippen molar-refractivity contribution in [1.82, 2.24) is 9.71 Å². The first-order chi connectivity index (χ1) is 12.7. The fourth-order valence-electron chi connectivity index (χ4n) is 2.52. The van der Waals surface area contributed by atoms with Crippen molar-refractivity contribution in [3.05, 3.63) is 71.2 Å². The lowest BCUT2D eigenvalue weighted by Crippen LogP contribution is -2.29. The van der Waals surface area contributed by atoms with E-state index in [1.807, 2.05) is 0 Å². The van der Waals surface area contributed by atoms with Gasteiger partial charge in [0.05, 0.1) is 10.4 Å². The average Bonchev–Trinajstić information content (AvgIpc) is 2.96. The minimum absolute atomic E-state index is 0.346. The summed E-state index contributed by atoms with van der Waals surface area (Å²) in [7, 11) is -4.39. The Morgan fingerprint density at radius 1 is 1.11 bits per heavy atom. The summed E-state index contributed by atoms with van der Waals surface area (Å²) >= 11 is 0. The van der Waals surface area contributed by atoms with Crippen molar-refractivity contribution >= 4 is 32.9 Å². The molecular weight excluding hydrogens is 381 g/mol. The standard InChI is InChI=1S/C18H13F3N2O3S/c1-10-9-22-18-11(6-12(19)7-14(10)18)2-5-17(24)23-27(25,26)13-3-4-15(20)16(21)8-13/h2-9,22H,1H3,(H,23,24)/b5-2+. The third kappa shape index (κ3) is 3.87. The molecule has 1 amide bonds. The Balaban J connectivity index is 1.84. The van der Waals surface area contributed by atoms with Gasteiger partial charge in [0.2, 0.25) is 0 Å². The van der Waals surface area contributed by atoms with E-state index < -0.39 is 38.3 Å². The molecule has 0 aliphatic carbocycles. The van der Waals surface area contributed by atoms with Crippen LogP contribution in [0.4, 0.5) is 13.2 Å². The van der Waals surface area contributed by atoms with E-state index in [0.29, 0.717) is 28.6 Å². The Hall–Kier alpha value is -3.07. The number of H-pyrrole nitrogens is 1. The van der Waals surface area contributed by atoms with E-state index >= 15 is 0 Å². The molecule has 0 atom stereocenters. The van der Waals surface area contributed by atoms with Gasteiger partial charge in [0.15, 0.2) is 11.6 Å². The number of benzene rings is 2. The van der Waals surface area contributed by atoms with Crippen molar-refractivity contribution < 1.29 is 26.4 Å². The molecule has 2 aromatic carbocycles. The highest BCUT2D eigenvalue weighted by Gasteiger charge is 2.18. The molecule has 0 radical (unpaired) electrons. The van der Waals surface area contributed by atoms with Crippen LogP contribution in [-0.4, -0.2) is 19.3 Å². The largest absolute Gasteiger partial charge is 0.360 e. The van der Waals surface area contributed by atoms with Gasteiger partial charge in [-0.2, -0.15) is 0 Å². The van der Waals surface area contributed by atoms with Crippen LogP contribution in [0, 0.1) is 24.4 Å². The number of carbonyl (C=O) groups is 1. The van der Waals surface area contributed by atoms with Crippen molar-refractivity contribution in [2.24, 2.45) is 0 Å². The van der Waals surface area contributed by atoms with Gasteiger partial charge in [0, 0.05) is 23.2 Å². The number of aryl methyl sites for hydroxylation is 1. The molecule has 0 spiro atoms. The van der Waals surface area contributed by atoms with Crippen molar-refractivity contribution in [2.75, 3.05) is 0 Å². The number of aromatic nitrogens is 1. The molecule has 0 saturated carbocycles. The van der Waals surface area contributed by atoms with Gasteiger partial charge in [-0.05, 0) is 48.9 Å². The Bertz CT molecular complexity index is 1180. The predicted octanol–water partition coefficient (Wildman–Crippen LogP) is 3.41. The lowest BCUT2D eigenvalue weighted by molar-refractivity contribution is -0.114. The summed E-state index contributed by atoms with van der Waals surface area (Å²) in [5, 5.41) is 0.629. The van der Waals surface area contributed by atoms with E-state index in [1.54, 1.807) is 17.8 Å². The Labute approximate surface area is 152 Å². The zero-order chi connectivity index (χ0) is 19.8. The van der Waals surface area contributed by atoms with Crippen LogP contribution in [-0.2, 0) is 14.8 Å². The fourth-order valence-corrected chi connectivity index (χ4v) is 3.48. The third-order valence-electron chi connectivity index (χ3n) is 3.84. The number of aromatic amines is 1. The summed E-state index contributed by atoms with van der Waals surface area (Å²) in [6, 6.07) is 4.46. The smallest absolute Gasteiger partial charge is 0.264 e.